The van der Waals surface area contributed by atoms with E-state index >= 15 is 0 Å². The summed E-state index contributed by atoms with van der Waals surface area (Å²) in [4.78, 5) is 11.5. The molecule has 1 aromatic carbocycles. The van der Waals surface area contributed by atoms with Crippen LogP contribution in [0.2, 0.25) is 0 Å². The van der Waals surface area contributed by atoms with Crippen LogP contribution in [-0.4, -0.2) is 55.3 Å². The molecule has 0 saturated carbocycles. The van der Waals surface area contributed by atoms with Gasteiger partial charge in [0.2, 0.25) is 11.8 Å². The van der Waals surface area contributed by atoms with E-state index in [-0.39, 0.29) is 6.04 Å². The van der Waals surface area contributed by atoms with Gasteiger partial charge in [-0.1, -0.05) is 30.3 Å². The first kappa shape index (κ1) is 15.7. The molecule has 0 N–H and O–H groups in total. The average molecular weight is 313 g/mol. The maximum absolute atomic E-state index is 5.30. The van der Waals surface area contributed by atoms with E-state index in [4.69, 9.17) is 9.47 Å². The quantitative estimate of drug-likeness (QED) is 0.837. The molecule has 1 fully saturated rings. The summed E-state index contributed by atoms with van der Waals surface area (Å²) in [7, 11) is 3.20. The molecule has 0 bridgehead atoms. The Morgan fingerprint density at radius 2 is 1.57 bits per heavy atom. The number of aromatic nitrogens is 2. The summed E-state index contributed by atoms with van der Waals surface area (Å²) < 4.78 is 10.6. The zero-order chi connectivity index (χ0) is 16.1. The smallest absolute Gasteiger partial charge is 0.220 e. The molecular weight excluding hydrogens is 292 g/mol. The molecule has 1 radical (unpaired) electrons. The zero-order valence-corrected chi connectivity index (χ0v) is 13.5. The normalized spacial score (nSPS) is 16.8. The van der Waals surface area contributed by atoms with Crippen molar-refractivity contribution >= 4 is 0 Å². The molecule has 6 nitrogen and oxygen atoms in total. The third kappa shape index (κ3) is 3.60. The van der Waals surface area contributed by atoms with Gasteiger partial charge in [0.15, 0.2) is 5.82 Å². The summed E-state index contributed by atoms with van der Waals surface area (Å²) in [6.07, 6.45) is 0. The van der Waals surface area contributed by atoms with Crippen molar-refractivity contribution in [2.75, 3.05) is 40.4 Å². The second kappa shape index (κ2) is 7.39. The average Bonchev–Trinajstić information content (AvgIpc) is 2.63. The van der Waals surface area contributed by atoms with Gasteiger partial charge in [-0.3, -0.25) is 4.90 Å². The molecule has 1 unspecified atom stereocenters. The number of ether oxygens (including phenoxy) is 2. The van der Waals surface area contributed by atoms with Crippen molar-refractivity contribution in [1.82, 2.24) is 20.2 Å². The fourth-order valence-electron chi connectivity index (χ4n) is 2.79. The van der Waals surface area contributed by atoms with Crippen LogP contribution in [0.3, 0.4) is 0 Å². The summed E-state index contributed by atoms with van der Waals surface area (Å²) in [6.45, 7) is 3.46. The van der Waals surface area contributed by atoms with Gasteiger partial charge in [-0.15, -0.1) is 0 Å². The number of hydrogen-bond acceptors (Lipinski definition) is 5. The molecule has 1 aliphatic rings. The Hall–Kier alpha value is -2.18. The predicted octanol–water partition coefficient (Wildman–Crippen LogP) is 1.50. The molecule has 1 atom stereocenters. The van der Waals surface area contributed by atoms with Crippen LogP contribution >= 0.6 is 0 Å². The molecule has 2 heterocycles. The van der Waals surface area contributed by atoms with Gasteiger partial charge < -0.3 is 9.47 Å². The summed E-state index contributed by atoms with van der Waals surface area (Å²) >= 11 is 0. The van der Waals surface area contributed by atoms with Crippen LogP contribution < -0.4 is 14.8 Å². The third-order valence-corrected chi connectivity index (χ3v) is 3.93. The fourth-order valence-corrected chi connectivity index (χ4v) is 2.79. The van der Waals surface area contributed by atoms with Crippen LogP contribution in [0.5, 0.6) is 11.8 Å². The lowest BCUT2D eigenvalue weighted by Gasteiger charge is -2.33. The van der Waals surface area contributed by atoms with E-state index < -0.39 is 0 Å². The van der Waals surface area contributed by atoms with Gasteiger partial charge >= 0.3 is 0 Å². The van der Waals surface area contributed by atoms with Crippen molar-refractivity contribution in [3.05, 3.63) is 47.8 Å². The molecule has 3 rings (SSSR count). The lowest BCUT2D eigenvalue weighted by molar-refractivity contribution is 0.188. The Kier molecular flexibility index (Phi) is 5.05. The van der Waals surface area contributed by atoms with Gasteiger partial charge in [0.1, 0.15) is 0 Å². The van der Waals surface area contributed by atoms with Gasteiger partial charge in [-0.25, -0.2) is 5.32 Å². The second-order valence-electron chi connectivity index (χ2n) is 5.33. The van der Waals surface area contributed by atoms with Gasteiger partial charge in [0.25, 0.3) is 0 Å². The monoisotopic (exact) mass is 313 g/mol. The summed E-state index contributed by atoms with van der Waals surface area (Å²) in [5.41, 5.74) is 1.16. The van der Waals surface area contributed by atoms with Crippen molar-refractivity contribution in [3.8, 4) is 11.8 Å². The summed E-state index contributed by atoms with van der Waals surface area (Å²) in [5, 5.41) is 4.43. The first-order chi connectivity index (χ1) is 11.3. The second-order valence-corrected chi connectivity index (χ2v) is 5.33. The van der Waals surface area contributed by atoms with E-state index in [1.807, 2.05) is 18.2 Å². The molecule has 1 saturated heterocycles. The Balaban J connectivity index is 2.04. The van der Waals surface area contributed by atoms with Crippen molar-refractivity contribution in [2.24, 2.45) is 0 Å². The van der Waals surface area contributed by atoms with Crippen molar-refractivity contribution in [2.45, 2.75) is 6.04 Å². The van der Waals surface area contributed by atoms with E-state index in [1.54, 1.807) is 20.3 Å². The number of nitrogens with zero attached hydrogens (tertiary/aromatic N) is 4. The number of benzene rings is 1. The van der Waals surface area contributed by atoms with Gasteiger partial charge in [-0.05, 0) is 5.56 Å². The molecule has 0 amide bonds. The Morgan fingerprint density at radius 1 is 0.957 bits per heavy atom. The molecule has 0 aliphatic carbocycles. The van der Waals surface area contributed by atoms with E-state index in [1.165, 1.54) is 0 Å². The predicted molar refractivity (Wildman–Crippen MR) is 86.9 cm³/mol. The van der Waals surface area contributed by atoms with Crippen molar-refractivity contribution < 1.29 is 9.47 Å². The Morgan fingerprint density at radius 3 is 2.13 bits per heavy atom. The van der Waals surface area contributed by atoms with Gasteiger partial charge in [0.05, 0.1) is 26.3 Å². The largest absolute Gasteiger partial charge is 0.481 e. The molecule has 1 aliphatic heterocycles. The number of hydrogen-bond donors (Lipinski definition) is 0. The molecule has 23 heavy (non-hydrogen) atoms. The van der Waals surface area contributed by atoms with E-state index in [9.17, 15) is 0 Å². The maximum Gasteiger partial charge on any atom is 0.220 e. The van der Waals surface area contributed by atoms with Crippen LogP contribution in [0.25, 0.3) is 0 Å². The number of methoxy groups -OCH3 is 2. The summed E-state index contributed by atoms with van der Waals surface area (Å²) in [5.74, 6) is 1.71. The van der Waals surface area contributed by atoms with Crippen LogP contribution in [0.4, 0.5) is 0 Å². The van der Waals surface area contributed by atoms with Crippen LogP contribution in [0.15, 0.2) is 36.4 Å². The summed E-state index contributed by atoms with van der Waals surface area (Å²) in [6, 6.07) is 12.0. The Bertz CT molecular complexity index is 607. The van der Waals surface area contributed by atoms with Gasteiger partial charge in [-0.2, -0.15) is 9.97 Å². The highest BCUT2D eigenvalue weighted by molar-refractivity contribution is 5.29. The van der Waals surface area contributed by atoms with Crippen LogP contribution in [0.1, 0.15) is 17.4 Å². The highest BCUT2D eigenvalue weighted by Gasteiger charge is 2.27. The molecule has 121 valence electrons. The minimum Gasteiger partial charge on any atom is -0.481 e. The van der Waals surface area contributed by atoms with Gasteiger partial charge in [0, 0.05) is 26.2 Å². The molecular formula is C17H21N4O2. The standard InChI is InChI=1S/C17H21N4O2/c1-22-14-12-15(23-2)20-17(19-14)16(13-6-4-3-5-7-13)21-10-8-18-9-11-21/h3-7,12,16H,8-11H2,1-2H3. The van der Waals surface area contributed by atoms with Crippen LogP contribution in [-0.2, 0) is 0 Å². The van der Waals surface area contributed by atoms with Crippen molar-refractivity contribution in [1.29, 1.82) is 0 Å². The number of piperazine rings is 1. The first-order valence-corrected chi connectivity index (χ1v) is 7.71. The fraction of sp³-hybridized carbons (Fsp3) is 0.412. The Labute approximate surface area is 136 Å². The molecule has 2 aromatic rings. The van der Waals surface area contributed by atoms with E-state index in [0.29, 0.717) is 17.6 Å². The maximum atomic E-state index is 5.30. The van der Waals surface area contributed by atoms with Crippen LogP contribution in [0, 0.1) is 0 Å². The third-order valence-electron chi connectivity index (χ3n) is 3.93. The van der Waals surface area contributed by atoms with E-state index in [2.05, 4.69) is 32.3 Å². The topological polar surface area (TPSA) is 61.6 Å². The SMILES string of the molecule is COc1cc(OC)nc(C(c2ccccc2)N2CC[N]CC2)n1. The molecule has 6 heteroatoms. The van der Waals surface area contributed by atoms with Crippen molar-refractivity contribution in [3.63, 3.8) is 0 Å². The first-order valence-electron chi connectivity index (χ1n) is 7.71. The highest BCUT2D eigenvalue weighted by atomic mass is 16.5. The minimum absolute atomic E-state index is 0.0318. The number of rotatable bonds is 5. The molecule has 0 spiro atoms. The zero-order valence-electron chi connectivity index (χ0n) is 13.5. The lowest BCUT2D eigenvalue weighted by Crippen LogP contribution is -2.43. The highest BCUT2D eigenvalue weighted by Crippen LogP contribution is 2.29. The van der Waals surface area contributed by atoms with E-state index in [0.717, 1.165) is 31.7 Å². The molecule has 1 aromatic heterocycles. The lowest BCUT2D eigenvalue weighted by atomic mass is 10.0. The minimum atomic E-state index is -0.0318.